The fraction of sp³-hybridized carbons (Fsp3) is 0.250. The van der Waals surface area contributed by atoms with E-state index in [-0.39, 0.29) is 5.56 Å². The predicted octanol–water partition coefficient (Wildman–Crippen LogP) is 1.78. The SMILES string of the molecule is COc1ccc(NCCN2N=C(c3ccccc3)Cn3c2nc2c3c(=O)n(C)c(=O)n2C)cc1. The Balaban J connectivity index is 1.53. The van der Waals surface area contributed by atoms with Crippen molar-refractivity contribution in [3.63, 3.8) is 0 Å². The van der Waals surface area contributed by atoms with Gasteiger partial charge in [-0.2, -0.15) is 10.1 Å². The van der Waals surface area contributed by atoms with Crippen molar-refractivity contribution in [3.05, 3.63) is 81.0 Å². The van der Waals surface area contributed by atoms with Crippen LogP contribution in [0.3, 0.4) is 0 Å². The van der Waals surface area contributed by atoms with E-state index in [2.05, 4.69) is 10.3 Å². The standard InChI is InChI=1S/C24H25N7O3/c1-28-21-20(22(32)29(2)24(28)33)30-15-19(16-7-5-4-6-8-16)27-31(23(30)26-21)14-13-25-17-9-11-18(34-3)12-10-17/h4-12,25H,13-15H2,1-3H3. The summed E-state index contributed by atoms with van der Waals surface area (Å²) < 4.78 is 9.57. The molecule has 1 N–H and O–H groups in total. The molecule has 0 aliphatic carbocycles. The fourth-order valence-electron chi connectivity index (χ4n) is 4.10. The number of aromatic nitrogens is 4. The number of nitrogens with one attached hydrogen (secondary N) is 1. The van der Waals surface area contributed by atoms with E-state index in [0.717, 1.165) is 27.3 Å². The highest BCUT2D eigenvalue weighted by atomic mass is 16.5. The smallest absolute Gasteiger partial charge is 0.332 e. The third-order valence-electron chi connectivity index (χ3n) is 5.96. The van der Waals surface area contributed by atoms with Gasteiger partial charge in [-0.15, -0.1) is 0 Å². The third kappa shape index (κ3) is 3.62. The quantitative estimate of drug-likeness (QED) is 0.472. The topological polar surface area (TPSA) is 98.7 Å². The number of aryl methyl sites for hydroxylation is 1. The van der Waals surface area contributed by atoms with Gasteiger partial charge in [-0.25, -0.2) is 9.80 Å². The summed E-state index contributed by atoms with van der Waals surface area (Å²) in [5.74, 6) is 1.32. The lowest BCUT2D eigenvalue weighted by atomic mass is 10.1. The normalized spacial score (nSPS) is 13.0. The first-order chi connectivity index (χ1) is 16.5. The number of hydrazone groups is 1. The number of rotatable bonds is 6. The number of fused-ring (bicyclic) bond motifs is 3. The Morgan fingerprint density at radius 2 is 1.74 bits per heavy atom. The number of hydrogen-bond acceptors (Lipinski definition) is 7. The van der Waals surface area contributed by atoms with E-state index in [9.17, 15) is 9.59 Å². The Morgan fingerprint density at radius 3 is 2.44 bits per heavy atom. The van der Waals surface area contributed by atoms with Gasteiger partial charge in [0.25, 0.3) is 5.56 Å². The maximum Gasteiger partial charge on any atom is 0.332 e. The molecule has 34 heavy (non-hydrogen) atoms. The van der Waals surface area contributed by atoms with Gasteiger partial charge >= 0.3 is 5.69 Å². The van der Waals surface area contributed by atoms with Crippen molar-refractivity contribution >= 4 is 28.5 Å². The van der Waals surface area contributed by atoms with Crippen molar-refractivity contribution in [2.45, 2.75) is 6.54 Å². The van der Waals surface area contributed by atoms with Crippen LogP contribution >= 0.6 is 0 Å². The van der Waals surface area contributed by atoms with Gasteiger partial charge in [0.2, 0.25) is 5.95 Å². The summed E-state index contributed by atoms with van der Waals surface area (Å²) >= 11 is 0. The van der Waals surface area contributed by atoms with Gasteiger partial charge in [-0.05, 0) is 29.8 Å². The van der Waals surface area contributed by atoms with Crippen molar-refractivity contribution in [3.8, 4) is 5.75 Å². The molecule has 0 radical (unpaired) electrons. The maximum absolute atomic E-state index is 13.0. The molecule has 3 heterocycles. The summed E-state index contributed by atoms with van der Waals surface area (Å²) in [5.41, 5.74) is 2.68. The van der Waals surface area contributed by atoms with Crippen molar-refractivity contribution in [2.24, 2.45) is 19.2 Å². The summed E-state index contributed by atoms with van der Waals surface area (Å²) in [4.78, 5) is 30.2. The van der Waals surface area contributed by atoms with E-state index >= 15 is 0 Å². The molecule has 0 spiro atoms. The molecule has 0 amide bonds. The third-order valence-corrected chi connectivity index (χ3v) is 5.96. The minimum absolute atomic E-state index is 0.348. The number of benzene rings is 2. The van der Waals surface area contributed by atoms with Crippen LogP contribution in [0.4, 0.5) is 11.6 Å². The lowest BCUT2D eigenvalue weighted by Gasteiger charge is -2.26. The summed E-state index contributed by atoms with van der Waals surface area (Å²) in [7, 11) is 4.74. The van der Waals surface area contributed by atoms with Crippen LogP contribution in [0.1, 0.15) is 5.56 Å². The number of hydrogen-bond donors (Lipinski definition) is 1. The lowest BCUT2D eigenvalue weighted by molar-refractivity contribution is 0.415. The first kappa shape index (κ1) is 21.5. The molecule has 4 aromatic rings. The average Bonchev–Trinajstić information content (AvgIpc) is 3.27. The molecule has 0 fully saturated rings. The van der Waals surface area contributed by atoms with Crippen LogP contribution in [0.25, 0.3) is 11.2 Å². The molecular weight excluding hydrogens is 434 g/mol. The molecule has 0 bridgehead atoms. The van der Waals surface area contributed by atoms with Crippen molar-refractivity contribution in [1.82, 2.24) is 18.7 Å². The van der Waals surface area contributed by atoms with Gasteiger partial charge in [-0.3, -0.25) is 18.5 Å². The molecule has 0 unspecified atom stereocenters. The van der Waals surface area contributed by atoms with Crippen molar-refractivity contribution in [2.75, 3.05) is 30.5 Å². The van der Waals surface area contributed by atoms with Crippen molar-refractivity contribution in [1.29, 1.82) is 0 Å². The maximum atomic E-state index is 13.0. The van der Waals surface area contributed by atoms with Crippen LogP contribution in [-0.4, -0.2) is 44.6 Å². The number of nitrogens with zero attached hydrogens (tertiary/aromatic N) is 6. The highest BCUT2D eigenvalue weighted by Crippen LogP contribution is 2.25. The zero-order chi connectivity index (χ0) is 23.8. The van der Waals surface area contributed by atoms with Gasteiger partial charge in [0, 0.05) is 26.3 Å². The molecule has 10 heteroatoms. The number of methoxy groups -OCH3 is 1. The van der Waals surface area contributed by atoms with Crippen LogP contribution in [0.5, 0.6) is 5.75 Å². The monoisotopic (exact) mass is 459 g/mol. The van der Waals surface area contributed by atoms with Gasteiger partial charge in [-0.1, -0.05) is 30.3 Å². The minimum Gasteiger partial charge on any atom is -0.497 e. The van der Waals surface area contributed by atoms with Gasteiger partial charge < -0.3 is 10.1 Å². The first-order valence-electron chi connectivity index (χ1n) is 10.9. The minimum atomic E-state index is -0.412. The van der Waals surface area contributed by atoms with Crippen LogP contribution in [0, 0.1) is 0 Å². The summed E-state index contributed by atoms with van der Waals surface area (Å²) in [6, 6.07) is 17.5. The molecule has 2 aromatic heterocycles. The predicted molar refractivity (Wildman–Crippen MR) is 132 cm³/mol. The molecule has 174 valence electrons. The molecule has 10 nitrogen and oxygen atoms in total. The zero-order valence-electron chi connectivity index (χ0n) is 19.2. The van der Waals surface area contributed by atoms with Gasteiger partial charge in [0.1, 0.15) is 5.75 Å². The Bertz CT molecular complexity index is 1500. The fourth-order valence-corrected chi connectivity index (χ4v) is 4.10. The number of imidazole rings is 1. The van der Waals surface area contributed by atoms with E-state index in [1.54, 1.807) is 19.2 Å². The van der Waals surface area contributed by atoms with Crippen LogP contribution in [0.15, 0.2) is 69.3 Å². The summed E-state index contributed by atoms with van der Waals surface area (Å²) in [6.45, 7) is 1.46. The molecule has 0 atom stereocenters. The van der Waals surface area contributed by atoms with Crippen LogP contribution in [-0.2, 0) is 20.6 Å². The van der Waals surface area contributed by atoms with Gasteiger partial charge in [0.05, 0.1) is 25.9 Å². The second-order valence-electron chi connectivity index (χ2n) is 8.07. The Morgan fingerprint density at radius 1 is 1.00 bits per heavy atom. The number of anilines is 2. The summed E-state index contributed by atoms with van der Waals surface area (Å²) in [6.07, 6.45) is 0. The Kier molecular flexibility index (Phi) is 5.40. The summed E-state index contributed by atoms with van der Waals surface area (Å²) in [5, 5.41) is 10.0. The van der Waals surface area contributed by atoms with E-state index in [1.807, 2.05) is 59.2 Å². The molecule has 0 saturated heterocycles. The Hall–Kier alpha value is -4.34. The average molecular weight is 460 g/mol. The van der Waals surface area contributed by atoms with E-state index < -0.39 is 5.69 Å². The molecule has 1 aliphatic rings. The van der Waals surface area contributed by atoms with E-state index in [0.29, 0.717) is 36.7 Å². The number of ether oxygens (including phenoxy) is 1. The van der Waals surface area contributed by atoms with Crippen LogP contribution in [0.2, 0.25) is 0 Å². The van der Waals surface area contributed by atoms with Crippen molar-refractivity contribution < 1.29 is 4.74 Å². The van der Waals surface area contributed by atoms with E-state index in [1.165, 1.54) is 11.6 Å². The van der Waals surface area contributed by atoms with E-state index in [4.69, 9.17) is 9.84 Å². The largest absolute Gasteiger partial charge is 0.497 e. The second-order valence-corrected chi connectivity index (χ2v) is 8.07. The first-order valence-corrected chi connectivity index (χ1v) is 10.9. The molecule has 5 rings (SSSR count). The highest BCUT2D eigenvalue weighted by Gasteiger charge is 2.27. The molecule has 1 aliphatic heterocycles. The second kappa shape index (κ2) is 8.54. The lowest BCUT2D eigenvalue weighted by Crippen LogP contribution is -2.38. The van der Waals surface area contributed by atoms with Crippen LogP contribution < -0.4 is 26.3 Å². The molecule has 2 aromatic carbocycles. The Labute approximate surface area is 195 Å². The molecular formula is C24H25N7O3. The highest BCUT2D eigenvalue weighted by molar-refractivity contribution is 6.02. The zero-order valence-corrected chi connectivity index (χ0v) is 19.2. The van der Waals surface area contributed by atoms with Gasteiger partial charge in [0.15, 0.2) is 11.2 Å². The molecule has 0 saturated carbocycles.